The van der Waals surface area contributed by atoms with Crippen LogP contribution in [0.1, 0.15) is 43.0 Å². The number of aromatic amines is 1. The molecule has 0 spiro atoms. The molecular formula is C29H28N4O3. The monoisotopic (exact) mass is 480 g/mol. The van der Waals surface area contributed by atoms with Crippen molar-refractivity contribution in [3.63, 3.8) is 0 Å². The maximum absolute atomic E-state index is 11.7. The van der Waals surface area contributed by atoms with E-state index < -0.39 is 5.54 Å². The Bertz CT molecular complexity index is 1470. The second kappa shape index (κ2) is 10.5. The number of aromatic hydroxyl groups is 1. The summed E-state index contributed by atoms with van der Waals surface area (Å²) in [5.41, 5.74) is 6.66. The van der Waals surface area contributed by atoms with Crippen LogP contribution in [0.15, 0.2) is 77.8 Å². The molecule has 0 saturated heterocycles. The van der Waals surface area contributed by atoms with Gasteiger partial charge in [-0.05, 0) is 50.6 Å². The van der Waals surface area contributed by atoms with Crippen LogP contribution in [0.3, 0.4) is 0 Å². The van der Waals surface area contributed by atoms with Crippen molar-refractivity contribution in [1.29, 1.82) is 0 Å². The van der Waals surface area contributed by atoms with E-state index in [1.54, 1.807) is 6.07 Å². The van der Waals surface area contributed by atoms with E-state index in [1.807, 2.05) is 87.5 Å². The van der Waals surface area contributed by atoms with E-state index in [0.29, 0.717) is 34.6 Å². The lowest BCUT2D eigenvalue weighted by Gasteiger charge is -2.23. The number of aliphatic imine (C=N–C) groups is 1. The quantitative estimate of drug-likeness (QED) is 0.156. The number of nitrogens with zero attached hydrogens (tertiary/aromatic N) is 1. The zero-order valence-electron chi connectivity index (χ0n) is 20.4. The van der Waals surface area contributed by atoms with Crippen LogP contribution < -0.4 is 10.8 Å². The number of H-pyrrole nitrogens is 1. The van der Waals surface area contributed by atoms with E-state index in [0.717, 1.165) is 16.5 Å². The first-order chi connectivity index (χ1) is 17.3. The molecule has 7 nitrogen and oxygen atoms in total. The molecule has 5 N–H and O–H groups in total. The van der Waals surface area contributed by atoms with Crippen molar-refractivity contribution in [2.45, 2.75) is 26.3 Å². The number of hydrogen-bond donors (Lipinski definition) is 5. The minimum absolute atomic E-state index is 0.0105. The normalized spacial score (nSPS) is 11.7. The third kappa shape index (κ3) is 5.31. The molecule has 1 heterocycles. The number of benzene rings is 3. The molecule has 0 unspecified atom stereocenters. The number of aromatic nitrogens is 1. The molecule has 0 atom stereocenters. The molecule has 182 valence electrons. The Morgan fingerprint density at radius 2 is 1.78 bits per heavy atom. The fraction of sp³-hybridized carbons (Fsp3) is 0.172. The van der Waals surface area contributed by atoms with Gasteiger partial charge in [-0.15, -0.1) is 0 Å². The first-order valence-corrected chi connectivity index (χ1v) is 11.6. The highest BCUT2D eigenvalue weighted by atomic mass is 16.5. The van der Waals surface area contributed by atoms with Crippen LogP contribution in [0.25, 0.3) is 10.9 Å². The Hall–Kier alpha value is -4.38. The van der Waals surface area contributed by atoms with Crippen molar-refractivity contribution >= 4 is 28.2 Å². The second-order valence-corrected chi connectivity index (χ2v) is 8.83. The summed E-state index contributed by atoms with van der Waals surface area (Å²) in [4.78, 5) is 19.6. The third-order valence-corrected chi connectivity index (χ3v) is 5.83. The Morgan fingerprint density at radius 3 is 2.44 bits per heavy atom. The molecule has 0 aliphatic heterocycles. The lowest BCUT2D eigenvalue weighted by Crippen LogP contribution is -2.33. The van der Waals surface area contributed by atoms with Gasteiger partial charge >= 0.3 is 0 Å². The van der Waals surface area contributed by atoms with E-state index in [-0.39, 0.29) is 11.8 Å². The van der Waals surface area contributed by atoms with E-state index in [1.165, 1.54) is 0 Å². The Balaban J connectivity index is 1.80. The Labute approximate surface area is 209 Å². The van der Waals surface area contributed by atoms with Crippen molar-refractivity contribution in [3.05, 3.63) is 95.1 Å². The van der Waals surface area contributed by atoms with Crippen molar-refractivity contribution < 1.29 is 15.1 Å². The summed E-state index contributed by atoms with van der Waals surface area (Å²) >= 11 is 0. The number of carbonyl (C=O) groups is 1. The topological polar surface area (TPSA) is 110 Å². The number of nitrogens with one attached hydrogen (secondary N) is 3. The van der Waals surface area contributed by atoms with Crippen LogP contribution >= 0.6 is 0 Å². The molecule has 0 saturated carbocycles. The first-order valence-electron chi connectivity index (χ1n) is 11.6. The fourth-order valence-corrected chi connectivity index (χ4v) is 3.84. The van der Waals surface area contributed by atoms with E-state index in [9.17, 15) is 15.1 Å². The highest BCUT2D eigenvalue weighted by Crippen LogP contribution is 2.32. The van der Waals surface area contributed by atoms with E-state index in [4.69, 9.17) is 4.99 Å². The molecule has 7 heteroatoms. The molecule has 4 rings (SSSR count). The van der Waals surface area contributed by atoms with Crippen LogP contribution in [-0.4, -0.2) is 33.5 Å². The molecule has 0 aliphatic rings. The second-order valence-electron chi connectivity index (χ2n) is 8.83. The molecule has 0 radical (unpaired) electrons. The summed E-state index contributed by atoms with van der Waals surface area (Å²) in [6.07, 6.45) is 0. The van der Waals surface area contributed by atoms with Gasteiger partial charge < -0.3 is 20.6 Å². The summed E-state index contributed by atoms with van der Waals surface area (Å²) in [6, 6.07) is 22.7. The summed E-state index contributed by atoms with van der Waals surface area (Å²) in [5, 5.41) is 23.8. The van der Waals surface area contributed by atoms with Gasteiger partial charge in [0, 0.05) is 29.0 Å². The van der Waals surface area contributed by atoms with Gasteiger partial charge in [-0.1, -0.05) is 54.5 Å². The van der Waals surface area contributed by atoms with Crippen molar-refractivity contribution in [2.24, 2.45) is 4.99 Å². The van der Waals surface area contributed by atoms with Crippen LogP contribution in [0.4, 0.5) is 5.69 Å². The van der Waals surface area contributed by atoms with Gasteiger partial charge in [0.15, 0.2) is 5.88 Å². The standard InChI is InChI=1S/C29H28N4O3/c1-4-30-25(34)17-11-19-10-16-23-24(18-19)32-28(35)26(23)27(20-8-6-5-7-9-20)31-22-14-12-21(13-15-22)29(2,3)33-36/h5-10,12-16,18,32-33,35-36H,4H2,1-3H3,(H,30,34). The number of hydrogen-bond acceptors (Lipinski definition) is 5. The summed E-state index contributed by atoms with van der Waals surface area (Å²) in [7, 11) is 0. The average molecular weight is 481 g/mol. The van der Waals surface area contributed by atoms with Gasteiger partial charge in [-0.2, -0.15) is 5.48 Å². The molecule has 4 aromatic rings. The molecular weight excluding hydrogens is 452 g/mol. The van der Waals surface area contributed by atoms with Crippen molar-refractivity contribution in [3.8, 4) is 17.7 Å². The van der Waals surface area contributed by atoms with Crippen LogP contribution in [-0.2, 0) is 10.3 Å². The average Bonchev–Trinajstić information content (AvgIpc) is 3.21. The van der Waals surface area contributed by atoms with Gasteiger partial charge in [0.05, 0.1) is 28.0 Å². The molecule has 0 fully saturated rings. The van der Waals surface area contributed by atoms with Crippen LogP contribution in [0.2, 0.25) is 0 Å². The van der Waals surface area contributed by atoms with Gasteiger partial charge in [-0.3, -0.25) is 4.79 Å². The SMILES string of the molecule is CCNC(=O)C#Cc1ccc2c(C(=Nc3ccc(C(C)(C)NO)cc3)c3ccccc3)c(O)[nH]c2c1. The summed E-state index contributed by atoms with van der Waals surface area (Å²) < 4.78 is 0. The zero-order chi connectivity index (χ0) is 25.7. The smallest absolute Gasteiger partial charge is 0.296 e. The highest BCUT2D eigenvalue weighted by molar-refractivity contribution is 6.22. The Kier molecular flexibility index (Phi) is 7.20. The largest absolute Gasteiger partial charge is 0.494 e. The lowest BCUT2D eigenvalue weighted by molar-refractivity contribution is -0.115. The fourth-order valence-electron chi connectivity index (χ4n) is 3.84. The highest BCUT2D eigenvalue weighted by Gasteiger charge is 2.20. The van der Waals surface area contributed by atoms with Crippen LogP contribution in [0, 0.1) is 11.8 Å². The maximum Gasteiger partial charge on any atom is 0.296 e. The third-order valence-electron chi connectivity index (χ3n) is 5.83. The Morgan fingerprint density at radius 1 is 1.06 bits per heavy atom. The minimum atomic E-state index is -0.600. The predicted octanol–water partition coefficient (Wildman–Crippen LogP) is 4.74. The van der Waals surface area contributed by atoms with Crippen molar-refractivity contribution in [2.75, 3.05) is 6.54 Å². The summed E-state index contributed by atoms with van der Waals surface area (Å²) in [5.74, 6) is 5.07. The van der Waals surface area contributed by atoms with E-state index >= 15 is 0 Å². The zero-order valence-corrected chi connectivity index (χ0v) is 20.4. The van der Waals surface area contributed by atoms with Gasteiger partial charge in [-0.25, -0.2) is 4.99 Å². The first kappa shape index (κ1) is 24.7. The molecule has 0 aliphatic carbocycles. The van der Waals surface area contributed by atoms with Crippen molar-refractivity contribution in [1.82, 2.24) is 15.8 Å². The number of carbonyl (C=O) groups excluding carboxylic acids is 1. The molecule has 0 bridgehead atoms. The van der Waals surface area contributed by atoms with Gasteiger partial charge in [0.25, 0.3) is 5.91 Å². The lowest BCUT2D eigenvalue weighted by atomic mass is 9.95. The van der Waals surface area contributed by atoms with E-state index in [2.05, 4.69) is 27.6 Å². The number of fused-ring (bicyclic) bond motifs is 1. The van der Waals surface area contributed by atoms with Gasteiger partial charge in [0.2, 0.25) is 0 Å². The number of rotatable bonds is 6. The maximum atomic E-state index is 11.7. The van der Waals surface area contributed by atoms with Crippen LogP contribution in [0.5, 0.6) is 5.88 Å². The van der Waals surface area contributed by atoms with Gasteiger partial charge in [0.1, 0.15) is 0 Å². The number of hydroxylamine groups is 1. The number of amides is 1. The summed E-state index contributed by atoms with van der Waals surface area (Å²) in [6.45, 7) is 6.10. The molecule has 3 aromatic carbocycles. The predicted molar refractivity (Wildman–Crippen MR) is 142 cm³/mol. The molecule has 1 amide bonds. The molecule has 36 heavy (non-hydrogen) atoms. The molecule has 1 aromatic heterocycles. The minimum Gasteiger partial charge on any atom is -0.494 e.